The number of carbonyl (C=O) groups excluding carboxylic acids is 1. The third kappa shape index (κ3) is 4.03. The van der Waals surface area contributed by atoms with Gasteiger partial charge < -0.3 is 9.80 Å². The first kappa shape index (κ1) is 16.7. The summed E-state index contributed by atoms with van der Waals surface area (Å²) in [4.78, 5) is 20.6. The molecule has 0 saturated carbocycles. The molecule has 1 amide bonds. The van der Waals surface area contributed by atoms with Crippen molar-refractivity contribution >= 4 is 23.4 Å². The first-order valence-corrected chi connectivity index (χ1v) is 8.62. The average molecular weight is 349 g/mol. The fraction of sp³-hybridized carbons (Fsp3) is 0.294. The minimum absolute atomic E-state index is 0.0295. The van der Waals surface area contributed by atoms with Gasteiger partial charge in [-0.2, -0.15) is 0 Å². The van der Waals surface area contributed by atoms with Gasteiger partial charge in [-0.3, -0.25) is 9.78 Å². The molecule has 7 heteroatoms. The number of halogens is 2. The first-order valence-electron chi connectivity index (χ1n) is 7.64. The van der Waals surface area contributed by atoms with Crippen LogP contribution in [0.15, 0.2) is 47.6 Å². The van der Waals surface area contributed by atoms with Crippen LogP contribution < -0.4 is 4.90 Å². The van der Waals surface area contributed by atoms with Gasteiger partial charge in [-0.05, 0) is 24.3 Å². The summed E-state index contributed by atoms with van der Waals surface area (Å²) in [6.07, 6.45) is 3.50. The number of benzene rings is 1. The number of amides is 1. The molecule has 0 unspecified atom stereocenters. The molecule has 2 aromatic rings. The van der Waals surface area contributed by atoms with Crippen LogP contribution in [0.3, 0.4) is 0 Å². The zero-order valence-electron chi connectivity index (χ0n) is 13.0. The van der Waals surface area contributed by atoms with Gasteiger partial charge in [0.2, 0.25) is 5.91 Å². The molecule has 3 rings (SSSR count). The van der Waals surface area contributed by atoms with Gasteiger partial charge in [-0.15, -0.1) is 11.8 Å². The van der Waals surface area contributed by atoms with Gasteiger partial charge in [0, 0.05) is 55.2 Å². The highest BCUT2D eigenvalue weighted by Crippen LogP contribution is 2.23. The molecule has 0 spiro atoms. The Morgan fingerprint density at radius 2 is 1.79 bits per heavy atom. The van der Waals surface area contributed by atoms with Gasteiger partial charge in [0.05, 0.1) is 5.75 Å². The third-order valence-electron chi connectivity index (χ3n) is 3.91. The van der Waals surface area contributed by atoms with Crippen LogP contribution >= 0.6 is 11.8 Å². The molecular formula is C17H17F2N3OS. The standard InChI is InChI=1S/C17H17F2N3OS/c18-13-1-2-16(15(19)11-13)24-12-17(23)22-9-7-21(8-10-22)14-3-5-20-6-4-14/h1-6,11H,7-10,12H2. The van der Waals surface area contributed by atoms with Gasteiger partial charge >= 0.3 is 0 Å². The van der Waals surface area contributed by atoms with Crippen LogP contribution in [0.5, 0.6) is 0 Å². The number of anilines is 1. The second-order valence-electron chi connectivity index (χ2n) is 5.44. The molecule has 1 aromatic heterocycles. The van der Waals surface area contributed by atoms with Crippen LogP contribution in [-0.4, -0.2) is 47.7 Å². The molecule has 1 aromatic carbocycles. The number of piperazine rings is 1. The Morgan fingerprint density at radius 1 is 1.08 bits per heavy atom. The van der Waals surface area contributed by atoms with Crippen molar-refractivity contribution in [3.05, 3.63) is 54.4 Å². The summed E-state index contributed by atoms with van der Waals surface area (Å²) in [6.45, 7) is 2.78. The fourth-order valence-electron chi connectivity index (χ4n) is 2.59. The highest BCUT2D eigenvalue weighted by Gasteiger charge is 2.21. The fourth-order valence-corrected chi connectivity index (χ4v) is 3.41. The van der Waals surface area contributed by atoms with Crippen molar-refractivity contribution in [2.45, 2.75) is 4.90 Å². The maximum atomic E-state index is 13.6. The molecule has 1 saturated heterocycles. The number of pyridine rings is 1. The molecule has 0 atom stereocenters. The molecule has 0 N–H and O–H groups in total. The summed E-state index contributed by atoms with van der Waals surface area (Å²) < 4.78 is 26.5. The Morgan fingerprint density at radius 3 is 2.46 bits per heavy atom. The minimum Gasteiger partial charge on any atom is -0.368 e. The quantitative estimate of drug-likeness (QED) is 0.796. The van der Waals surface area contributed by atoms with E-state index in [0.29, 0.717) is 18.0 Å². The van der Waals surface area contributed by atoms with Gasteiger partial charge in [0.25, 0.3) is 0 Å². The molecule has 1 aliphatic heterocycles. The smallest absolute Gasteiger partial charge is 0.233 e. The Labute approximate surface area is 143 Å². The van der Waals surface area contributed by atoms with Crippen LogP contribution in [0.1, 0.15) is 0 Å². The molecule has 126 valence electrons. The average Bonchev–Trinajstić information content (AvgIpc) is 2.62. The van der Waals surface area contributed by atoms with E-state index in [1.54, 1.807) is 17.3 Å². The SMILES string of the molecule is O=C(CSc1ccc(F)cc1F)N1CCN(c2ccncc2)CC1. The van der Waals surface area contributed by atoms with E-state index in [0.717, 1.165) is 36.6 Å². The molecule has 0 bridgehead atoms. The molecule has 2 heterocycles. The van der Waals surface area contributed by atoms with Gasteiger partial charge in [0.1, 0.15) is 11.6 Å². The second kappa shape index (κ2) is 7.61. The van der Waals surface area contributed by atoms with E-state index in [1.165, 1.54) is 12.1 Å². The summed E-state index contributed by atoms with van der Waals surface area (Å²) >= 11 is 1.10. The molecule has 24 heavy (non-hydrogen) atoms. The maximum Gasteiger partial charge on any atom is 0.233 e. The molecule has 1 aliphatic rings. The van der Waals surface area contributed by atoms with E-state index in [-0.39, 0.29) is 11.7 Å². The number of rotatable bonds is 4. The van der Waals surface area contributed by atoms with Gasteiger partial charge in [-0.25, -0.2) is 8.78 Å². The molecule has 0 radical (unpaired) electrons. The van der Waals surface area contributed by atoms with E-state index in [2.05, 4.69) is 9.88 Å². The number of hydrogen-bond acceptors (Lipinski definition) is 4. The topological polar surface area (TPSA) is 36.4 Å². The minimum atomic E-state index is -0.629. The number of aromatic nitrogens is 1. The van der Waals surface area contributed by atoms with E-state index in [4.69, 9.17) is 0 Å². The Balaban J connectivity index is 1.50. The largest absolute Gasteiger partial charge is 0.368 e. The lowest BCUT2D eigenvalue weighted by molar-refractivity contribution is -0.128. The highest BCUT2D eigenvalue weighted by atomic mass is 32.2. The van der Waals surface area contributed by atoms with Crippen molar-refractivity contribution in [2.24, 2.45) is 0 Å². The Kier molecular flexibility index (Phi) is 5.30. The molecule has 4 nitrogen and oxygen atoms in total. The summed E-state index contributed by atoms with van der Waals surface area (Å²) in [5.41, 5.74) is 1.10. The van der Waals surface area contributed by atoms with Crippen LogP contribution in [0.2, 0.25) is 0 Å². The van der Waals surface area contributed by atoms with E-state index >= 15 is 0 Å². The van der Waals surface area contributed by atoms with Crippen LogP contribution in [0.4, 0.5) is 14.5 Å². The lowest BCUT2D eigenvalue weighted by Gasteiger charge is -2.36. The van der Waals surface area contributed by atoms with Crippen LogP contribution in [0.25, 0.3) is 0 Å². The van der Waals surface area contributed by atoms with E-state index in [1.807, 2.05) is 12.1 Å². The predicted octanol–water partition coefficient (Wildman–Crippen LogP) is 2.80. The summed E-state index contributed by atoms with van der Waals surface area (Å²) in [7, 11) is 0. The summed E-state index contributed by atoms with van der Waals surface area (Å²) in [5.74, 6) is -1.12. The van der Waals surface area contributed by atoms with Crippen molar-refractivity contribution in [3.8, 4) is 0 Å². The lowest BCUT2D eigenvalue weighted by Crippen LogP contribution is -2.49. The molecule has 0 aliphatic carbocycles. The number of thioether (sulfide) groups is 1. The van der Waals surface area contributed by atoms with Crippen molar-refractivity contribution < 1.29 is 13.6 Å². The van der Waals surface area contributed by atoms with Crippen LogP contribution in [-0.2, 0) is 4.79 Å². The maximum absolute atomic E-state index is 13.6. The van der Waals surface area contributed by atoms with Crippen molar-refractivity contribution in [2.75, 3.05) is 36.8 Å². The summed E-state index contributed by atoms with van der Waals surface area (Å²) in [6, 6.07) is 7.29. The second-order valence-corrected chi connectivity index (χ2v) is 6.45. The van der Waals surface area contributed by atoms with Crippen molar-refractivity contribution in [1.82, 2.24) is 9.88 Å². The number of hydrogen-bond donors (Lipinski definition) is 0. The monoisotopic (exact) mass is 349 g/mol. The first-order chi connectivity index (χ1) is 11.6. The summed E-state index contributed by atoms with van der Waals surface area (Å²) in [5, 5.41) is 0. The Bertz CT molecular complexity index is 706. The zero-order chi connectivity index (χ0) is 16.9. The lowest BCUT2D eigenvalue weighted by atomic mass is 10.2. The zero-order valence-corrected chi connectivity index (χ0v) is 13.8. The van der Waals surface area contributed by atoms with Crippen molar-refractivity contribution in [3.63, 3.8) is 0 Å². The van der Waals surface area contributed by atoms with Crippen LogP contribution in [0, 0.1) is 11.6 Å². The normalized spacial score (nSPS) is 14.8. The third-order valence-corrected chi connectivity index (χ3v) is 4.94. The van der Waals surface area contributed by atoms with Gasteiger partial charge in [-0.1, -0.05) is 0 Å². The molecule has 1 fully saturated rings. The van der Waals surface area contributed by atoms with E-state index < -0.39 is 11.6 Å². The number of carbonyl (C=O) groups is 1. The van der Waals surface area contributed by atoms with Crippen molar-refractivity contribution in [1.29, 1.82) is 0 Å². The van der Waals surface area contributed by atoms with E-state index in [9.17, 15) is 13.6 Å². The predicted molar refractivity (Wildman–Crippen MR) is 90.1 cm³/mol. The Hall–Kier alpha value is -2.15. The molecular weight excluding hydrogens is 332 g/mol. The highest BCUT2D eigenvalue weighted by molar-refractivity contribution is 8.00. The number of nitrogens with zero attached hydrogens (tertiary/aromatic N) is 3. The van der Waals surface area contributed by atoms with Gasteiger partial charge in [0.15, 0.2) is 0 Å².